The van der Waals surface area contributed by atoms with Crippen LogP contribution in [0.3, 0.4) is 0 Å². The number of hydrogen-bond acceptors (Lipinski definition) is 3. The van der Waals surface area contributed by atoms with Gasteiger partial charge in [0.1, 0.15) is 12.1 Å². The van der Waals surface area contributed by atoms with E-state index in [1.54, 1.807) is 0 Å². The van der Waals surface area contributed by atoms with Crippen LogP contribution in [0.4, 0.5) is 5.69 Å². The van der Waals surface area contributed by atoms with E-state index in [2.05, 4.69) is 5.32 Å². The third-order valence-electron chi connectivity index (χ3n) is 5.54. The molecule has 0 radical (unpaired) electrons. The highest BCUT2D eigenvalue weighted by Gasteiger charge is 2.16. The number of quaternary nitrogens is 1. The number of anilines is 1. The molecule has 0 spiro atoms. The first kappa shape index (κ1) is 19.9. The number of likely N-dealkylation sites (N-methyl/N-ethyl adjacent to an activating group) is 1. The van der Waals surface area contributed by atoms with Gasteiger partial charge in [-0.2, -0.15) is 0 Å². The Labute approximate surface area is 174 Å². The number of aryl methyl sites for hydroxylation is 2. The summed E-state index contributed by atoms with van der Waals surface area (Å²) >= 11 is 0. The second-order valence-corrected chi connectivity index (χ2v) is 7.86. The molecule has 2 N–H and O–H groups in total. The number of amides is 1. The molecule has 0 saturated heterocycles. The molecule has 5 heteroatoms. The lowest BCUT2D eigenvalue weighted by atomic mass is 10.0. The maximum absolute atomic E-state index is 12.7. The summed E-state index contributed by atoms with van der Waals surface area (Å²) in [5.74, 6) is -0.0665. The van der Waals surface area contributed by atoms with Gasteiger partial charge in [0.2, 0.25) is 0 Å². The van der Waals surface area contributed by atoms with Crippen LogP contribution >= 0.6 is 0 Å². The quantitative estimate of drug-likeness (QED) is 0.505. The predicted molar refractivity (Wildman–Crippen MR) is 120 cm³/mol. The fourth-order valence-electron chi connectivity index (χ4n) is 3.86. The van der Waals surface area contributed by atoms with E-state index >= 15 is 0 Å². The largest absolute Gasteiger partial charge is 0.422 e. The van der Waals surface area contributed by atoms with Crippen LogP contribution in [0.5, 0.6) is 0 Å². The van der Waals surface area contributed by atoms with Crippen LogP contribution in [-0.2, 0) is 11.3 Å². The van der Waals surface area contributed by atoms with Crippen molar-refractivity contribution in [1.29, 1.82) is 0 Å². The van der Waals surface area contributed by atoms with Crippen molar-refractivity contribution in [3.63, 3.8) is 0 Å². The Morgan fingerprint density at radius 2 is 1.77 bits per heavy atom. The average molecular weight is 401 g/mol. The second-order valence-electron chi connectivity index (χ2n) is 7.86. The van der Waals surface area contributed by atoms with Gasteiger partial charge in [0, 0.05) is 28.1 Å². The van der Waals surface area contributed by atoms with Crippen molar-refractivity contribution in [2.24, 2.45) is 0 Å². The van der Waals surface area contributed by atoms with Crippen molar-refractivity contribution >= 4 is 33.3 Å². The van der Waals surface area contributed by atoms with Crippen LogP contribution in [-0.4, -0.2) is 19.5 Å². The first-order chi connectivity index (χ1) is 14.4. The summed E-state index contributed by atoms with van der Waals surface area (Å²) in [6, 6.07) is 19.4. The number of hydrogen-bond donors (Lipinski definition) is 2. The maximum atomic E-state index is 12.7. The standard InChI is InChI=1S/C25H24N2O3/c1-16-11-12-21-19(13-24(29)30-25(21)17(16)2)14-27(3)15-23(28)26-22-10-6-8-18-7-4-5-9-20(18)22/h4-13H,14-15H2,1-3H3,(H,26,28)/p+1. The molecule has 0 fully saturated rings. The zero-order valence-corrected chi connectivity index (χ0v) is 17.4. The van der Waals surface area contributed by atoms with Gasteiger partial charge in [-0.15, -0.1) is 0 Å². The zero-order valence-electron chi connectivity index (χ0n) is 17.4. The van der Waals surface area contributed by atoms with Crippen LogP contribution in [0.25, 0.3) is 21.7 Å². The molecule has 1 amide bonds. The summed E-state index contributed by atoms with van der Waals surface area (Å²) in [6.07, 6.45) is 0. The molecule has 152 valence electrons. The number of carbonyl (C=O) groups excluding carboxylic acids is 1. The first-order valence-corrected chi connectivity index (χ1v) is 10.0. The molecule has 5 nitrogen and oxygen atoms in total. The van der Waals surface area contributed by atoms with E-state index in [0.29, 0.717) is 12.1 Å². The lowest BCUT2D eigenvalue weighted by Gasteiger charge is -2.16. The van der Waals surface area contributed by atoms with Crippen molar-refractivity contribution in [1.82, 2.24) is 0 Å². The van der Waals surface area contributed by atoms with Gasteiger partial charge in [-0.25, -0.2) is 4.79 Å². The molecule has 0 bridgehead atoms. The van der Waals surface area contributed by atoms with E-state index in [4.69, 9.17) is 4.42 Å². The number of benzene rings is 3. The summed E-state index contributed by atoms with van der Waals surface area (Å²) in [4.78, 5) is 25.7. The van der Waals surface area contributed by atoms with Crippen LogP contribution < -0.4 is 15.8 Å². The van der Waals surface area contributed by atoms with Gasteiger partial charge in [0.05, 0.1) is 7.05 Å². The molecule has 4 aromatic rings. The lowest BCUT2D eigenvalue weighted by molar-refractivity contribution is -0.885. The highest BCUT2D eigenvalue weighted by atomic mass is 16.4. The Morgan fingerprint density at radius 1 is 1.00 bits per heavy atom. The Balaban J connectivity index is 1.52. The minimum absolute atomic E-state index is 0.0665. The molecule has 1 heterocycles. The van der Waals surface area contributed by atoms with Gasteiger partial charge < -0.3 is 14.6 Å². The minimum atomic E-state index is -0.362. The average Bonchev–Trinajstić information content (AvgIpc) is 2.71. The molecule has 1 unspecified atom stereocenters. The molecule has 1 aromatic heterocycles. The number of nitrogens with one attached hydrogen (secondary N) is 2. The molecular formula is C25H25N2O3+. The topological polar surface area (TPSA) is 63.8 Å². The molecule has 0 aliphatic rings. The predicted octanol–water partition coefficient (Wildman–Crippen LogP) is 3.22. The zero-order chi connectivity index (χ0) is 21.3. The first-order valence-electron chi connectivity index (χ1n) is 10.0. The monoisotopic (exact) mass is 401 g/mol. The summed E-state index contributed by atoms with van der Waals surface area (Å²) < 4.78 is 5.45. The van der Waals surface area contributed by atoms with Gasteiger partial charge in [-0.3, -0.25) is 4.79 Å². The van der Waals surface area contributed by atoms with Crippen molar-refractivity contribution < 1.29 is 14.1 Å². The van der Waals surface area contributed by atoms with Crippen molar-refractivity contribution in [2.75, 3.05) is 18.9 Å². The Morgan fingerprint density at radius 3 is 2.60 bits per heavy atom. The van der Waals surface area contributed by atoms with E-state index in [0.717, 1.165) is 43.4 Å². The molecule has 1 atom stereocenters. The van der Waals surface area contributed by atoms with E-state index < -0.39 is 0 Å². The maximum Gasteiger partial charge on any atom is 0.336 e. The minimum Gasteiger partial charge on any atom is -0.422 e. The normalized spacial score (nSPS) is 12.2. The number of carbonyl (C=O) groups is 1. The van der Waals surface area contributed by atoms with Crippen LogP contribution in [0.15, 0.2) is 69.9 Å². The Kier molecular flexibility index (Phi) is 5.38. The summed E-state index contributed by atoms with van der Waals surface area (Å²) in [6.45, 7) is 4.79. The summed E-state index contributed by atoms with van der Waals surface area (Å²) in [5.41, 5.74) is 4.02. The van der Waals surface area contributed by atoms with Crippen LogP contribution in [0.1, 0.15) is 16.7 Å². The van der Waals surface area contributed by atoms with Gasteiger partial charge in [0.15, 0.2) is 6.54 Å². The summed E-state index contributed by atoms with van der Waals surface area (Å²) in [5, 5.41) is 6.05. The highest BCUT2D eigenvalue weighted by Crippen LogP contribution is 2.23. The summed E-state index contributed by atoms with van der Waals surface area (Å²) in [7, 11) is 1.95. The van der Waals surface area contributed by atoms with Gasteiger partial charge in [-0.1, -0.05) is 48.5 Å². The van der Waals surface area contributed by atoms with Crippen molar-refractivity contribution in [3.05, 3.63) is 87.8 Å². The molecule has 0 aliphatic carbocycles. The van der Waals surface area contributed by atoms with Crippen molar-refractivity contribution in [2.45, 2.75) is 20.4 Å². The number of fused-ring (bicyclic) bond motifs is 2. The molecule has 3 aromatic carbocycles. The van der Waals surface area contributed by atoms with Gasteiger partial charge in [0.25, 0.3) is 5.91 Å². The SMILES string of the molecule is Cc1ccc2c(C[NH+](C)CC(=O)Nc3cccc4ccccc34)cc(=O)oc2c1C. The van der Waals surface area contributed by atoms with E-state index in [1.165, 1.54) is 6.07 Å². The Hall–Kier alpha value is -3.44. The fourth-order valence-corrected chi connectivity index (χ4v) is 3.86. The second kappa shape index (κ2) is 8.13. The molecule has 4 rings (SSSR count). The number of rotatable bonds is 5. The van der Waals surface area contributed by atoms with E-state index in [-0.39, 0.29) is 18.1 Å². The third kappa shape index (κ3) is 3.98. The van der Waals surface area contributed by atoms with Crippen molar-refractivity contribution in [3.8, 4) is 0 Å². The van der Waals surface area contributed by atoms with Crippen LogP contribution in [0.2, 0.25) is 0 Å². The fraction of sp³-hybridized carbons (Fsp3) is 0.200. The third-order valence-corrected chi connectivity index (χ3v) is 5.54. The van der Waals surface area contributed by atoms with Crippen LogP contribution in [0, 0.1) is 13.8 Å². The molecule has 0 aliphatic heterocycles. The molecular weight excluding hydrogens is 376 g/mol. The smallest absolute Gasteiger partial charge is 0.336 e. The highest BCUT2D eigenvalue weighted by molar-refractivity contribution is 6.02. The molecule has 0 saturated carbocycles. The van der Waals surface area contributed by atoms with Gasteiger partial charge >= 0.3 is 5.63 Å². The van der Waals surface area contributed by atoms with E-state index in [1.807, 2.05) is 75.5 Å². The van der Waals surface area contributed by atoms with Gasteiger partial charge in [-0.05, 0) is 36.4 Å². The molecule has 30 heavy (non-hydrogen) atoms. The van der Waals surface area contributed by atoms with E-state index in [9.17, 15) is 9.59 Å². The Bertz CT molecular complexity index is 1300. The lowest BCUT2D eigenvalue weighted by Crippen LogP contribution is -3.08.